The molecule has 132 valence electrons. The van der Waals surface area contributed by atoms with Gasteiger partial charge in [-0.1, -0.05) is 5.16 Å². The van der Waals surface area contributed by atoms with Gasteiger partial charge in [-0.2, -0.15) is 4.98 Å². The van der Waals surface area contributed by atoms with Crippen molar-refractivity contribution in [3.05, 3.63) is 36.0 Å². The summed E-state index contributed by atoms with van der Waals surface area (Å²) in [5, 5.41) is 10.0. The van der Waals surface area contributed by atoms with Crippen LogP contribution in [0.15, 0.2) is 33.8 Å². The zero-order valence-corrected chi connectivity index (χ0v) is 16.2. The number of nitrogens with one attached hydrogen (secondary N) is 2. The van der Waals surface area contributed by atoms with Gasteiger partial charge in [0.15, 0.2) is 11.8 Å². The van der Waals surface area contributed by atoms with Crippen LogP contribution in [0.3, 0.4) is 0 Å². The molecular formula is C15H22IN5O3. The molecule has 0 amide bonds. The number of methoxy groups -OCH3 is 1. The highest BCUT2D eigenvalue weighted by Crippen LogP contribution is 2.16. The van der Waals surface area contributed by atoms with Gasteiger partial charge in [0.2, 0.25) is 5.89 Å². The standard InChI is InChI=1S/C15H21N5O3.HI/c1-11-19-14(20-23-11)10-18-15(16-2)17-8-9-22-13-6-4-12(21-3)5-7-13;/h4-7H,8-10H2,1-3H3,(H2,16,17,18);1H. The molecule has 0 bridgehead atoms. The molecule has 0 atom stereocenters. The van der Waals surface area contributed by atoms with Crippen molar-refractivity contribution in [2.45, 2.75) is 13.5 Å². The third-order valence-electron chi connectivity index (χ3n) is 2.93. The molecule has 2 rings (SSSR count). The number of aliphatic imine (C=N–C) groups is 1. The van der Waals surface area contributed by atoms with E-state index in [9.17, 15) is 0 Å². The third kappa shape index (κ3) is 6.60. The van der Waals surface area contributed by atoms with Gasteiger partial charge in [0, 0.05) is 14.0 Å². The Kier molecular flexibility index (Phi) is 8.90. The first kappa shape index (κ1) is 20.0. The Morgan fingerprint density at radius 2 is 1.92 bits per heavy atom. The summed E-state index contributed by atoms with van der Waals surface area (Å²) in [6.07, 6.45) is 0. The lowest BCUT2D eigenvalue weighted by molar-refractivity contribution is 0.321. The number of aromatic nitrogens is 2. The van der Waals surface area contributed by atoms with Gasteiger partial charge in [0.25, 0.3) is 0 Å². The molecule has 2 N–H and O–H groups in total. The lowest BCUT2D eigenvalue weighted by Crippen LogP contribution is -2.39. The number of halogens is 1. The largest absolute Gasteiger partial charge is 0.497 e. The summed E-state index contributed by atoms with van der Waals surface area (Å²) < 4.78 is 15.6. The summed E-state index contributed by atoms with van der Waals surface area (Å²) >= 11 is 0. The highest BCUT2D eigenvalue weighted by Gasteiger charge is 2.03. The average Bonchev–Trinajstić information content (AvgIpc) is 3.00. The zero-order valence-electron chi connectivity index (χ0n) is 13.9. The molecule has 0 spiro atoms. The maximum atomic E-state index is 5.63. The van der Waals surface area contributed by atoms with Crippen LogP contribution in [0.4, 0.5) is 0 Å². The fourth-order valence-electron chi connectivity index (χ4n) is 1.81. The number of guanidine groups is 1. The molecule has 0 aliphatic rings. The van der Waals surface area contributed by atoms with E-state index in [1.54, 1.807) is 21.1 Å². The lowest BCUT2D eigenvalue weighted by Gasteiger charge is -2.11. The molecule has 0 radical (unpaired) electrons. The molecule has 0 saturated carbocycles. The summed E-state index contributed by atoms with van der Waals surface area (Å²) in [5.74, 6) is 3.36. The Hall–Kier alpha value is -2.04. The van der Waals surface area contributed by atoms with Crippen molar-refractivity contribution in [2.24, 2.45) is 4.99 Å². The van der Waals surface area contributed by atoms with Crippen LogP contribution >= 0.6 is 24.0 Å². The summed E-state index contributed by atoms with van der Waals surface area (Å²) in [6, 6.07) is 7.45. The molecule has 0 fully saturated rings. The molecule has 8 nitrogen and oxygen atoms in total. The third-order valence-corrected chi connectivity index (χ3v) is 2.93. The molecule has 1 aromatic heterocycles. The van der Waals surface area contributed by atoms with Crippen LogP contribution in [-0.2, 0) is 6.54 Å². The van der Waals surface area contributed by atoms with Gasteiger partial charge in [-0.05, 0) is 24.3 Å². The van der Waals surface area contributed by atoms with Crippen LogP contribution in [0, 0.1) is 6.92 Å². The van der Waals surface area contributed by atoms with Gasteiger partial charge in [-0.15, -0.1) is 24.0 Å². The van der Waals surface area contributed by atoms with E-state index in [0.29, 0.717) is 37.4 Å². The Morgan fingerprint density at radius 3 is 2.50 bits per heavy atom. The summed E-state index contributed by atoms with van der Waals surface area (Å²) in [5.41, 5.74) is 0. The van der Waals surface area contributed by atoms with Crippen molar-refractivity contribution >= 4 is 29.9 Å². The van der Waals surface area contributed by atoms with Gasteiger partial charge in [-0.25, -0.2) is 0 Å². The maximum Gasteiger partial charge on any atom is 0.223 e. The normalized spacial score (nSPS) is 10.7. The van der Waals surface area contributed by atoms with Crippen LogP contribution < -0.4 is 20.1 Å². The molecule has 0 aliphatic heterocycles. The van der Waals surface area contributed by atoms with Crippen molar-refractivity contribution in [3.63, 3.8) is 0 Å². The molecule has 1 heterocycles. The number of hydrogen-bond acceptors (Lipinski definition) is 6. The Balaban J connectivity index is 0.00000288. The van der Waals surface area contributed by atoms with E-state index >= 15 is 0 Å². The minimum Gasteiger partial charge on any atom is -0.497 e. The predicted octanol–water partition coefficient (Wildman–Crippen LogP) is 1.75. The van der Waals surface area contributed by atoms with Crippen LogP contribution in [0.2, 0.25) is 0 Å². The van der Waals surface area contributed by atoms with Crippen molar-refractivity contribution in [2.75, 3.05) is 27.3 Å². The highest BCUT2D eigenvalue weighted by molar-refractivity contribution is 14.0. The molecule has 0 aliphatic carbocycles. The maximum absolute atomic E-state index is 5.63. The zero-order chi connectivity index (χ0) is 16.5. The lowest BCUT2D eigenvalue weighted by atomic mass is 10.3. The van der Waals surface area contributed by atoms with Crippen LogP contribution in [0.5, 0.6) is 11.5 Å². The molecule has 9 heteroatoms. The number of hydrogen-bond donors (Lipinski definition) is 2. The summed E-state index contributed by atoms with van der Waals surface area (Å²) in [4.78, 5) is 8.22. The van der Waals surface area contributed by atoms with Gasteiger partial charge >= 0.3 is 0 Å². The fourth-order valence-corrected chi connectivity index (χ4v) is 1.81. The Labute approximate surface area is 158 Å². The highest BCUT2D eigenvalue weighted by atomic mass is 127. The first-order valence-electron chi connectivity index (χ1n) is 7.22. The van der Waals surface area contributed by atoms with Crippen molar-refractivity contribution in [1.29, 1.82) is 0 Å². The second-order valence-corrected chi connectivity index (χ2v) is 4.61. The van der Waals surface area contributed by atoms with Crippen molar-refractivity contribution < 1.29 is 14.0 Å². The van der Waals surface area contributed by atoms with Gasteiger partial charge < -0.3 is 24.6 Å². The van der Waals surface area contributed by atoms with E-state index < -0.39 is 0 Å². The number of ether oxygens (including phenoxy) is 2. The monoisotopic (exact) mass is 447 g/mol. The van der Waals surface area contributed by atoms with E-state index in [1.165, 1.54) is 0 Å². The first-order valence-corrected chi connectivity index (χ1v) is 7.22. The summed E-state index contributed by atoms with van der Waals surface area (Å²) in [7, 11) is 3.33. The second-order valence-electron chi connectivity index (χ2n) is 4.61. The topological polar surface area (TPSA) is 93.8 Å². The number of nitrogens with zero attached hydrogens (tertiary/aromatic N) is 3. The summed E-state index contributed by atoms with van der Waals surface area (Å²) in [6.45, 7) is 3.31. The van der Waals surface area contributed by atoms with E-state index in [-0.39, 0.29) is 24.0 Å². The van der Waals surface area contributed by atoms with Crippen molar-refractivity contribution in [1.82, 2.24) is 20.8 Å². The minimum atomic E-state index is 0. The quantitative estimate of drug-likeness (QED) is 0.289. The van der Waals surface area contributed by atoms with E-state index in [1.807, 2.05) is 24.3 Å². The SMILES string of the molecule is CN=C(NCCOc1ccc(OC)cc1)NCc1noc(C)n1.I. The van der Waals surface area contributed by atoms with Crippen LogP contribution in [0.25, 0.3) is 0 Å². The molecule has 2 aromatic rings. The van der Waals surface area contributed by atoms with Gasteiger partial charge in [0.05, 0.1) is 20.2 Å². The molecule has 24 heavy (non-hydrogen) atoms. The molecule has 0 unspecified atom stereocenters. The molecule has 0 saturated heterocycles. The van der Waals surface area contributed by atoms with E-state index in [4.69, 9.17) is 14.0 Å². The number of benzene rings is 1. The molecule has 1 aromatic carbocycles. The number of aryl methyl sites for hydroxylation is 1. The van der Waals surface area contributed by atoms with Crippen LogP contribution in [0.1, 0.15) is 11.7 Å². The van der Waals surface area contributed by atoms with Gasteiger partial charge in [0.1, 0.15) is 18.1 Å². The smallest absolute Gasteiger partial charge is 0.223 e. The minimum absolute atomic E-state index is 0. The second kappa shape index (κ2) is 10.7. The predicted molar refractivity (Wildman–Crippen MR) is 101 cm³/mol. The first-order chi connectivity index (χ1) is 11.2. The van der Waals surface area contributed by atoms with Gasteiger partial charge in [-0.3, -0.25) is 4.99 Å². The van der Waals surface area contributed by atoms with Crippen molar-refractivity contribution in [3.8, 4) is 11.5 Å². The number of rotatable bonds is 7. The fraction of sp³-hybridized carbons (Fsp3) is 0.400. The van der Waals surface area contributed by atoms with E-state index in [2.05, 4.69) is 25.8 Å². The Morgan fingerprint density at radius 1 is 1.21 bits per heavy atom. The molecular weight excluding hydrogens is 425 g/mol. The van der Waals surface area contributed by atoms with E-state index in [0.717, 1.165) is 11.5 Å². The Bertz CT molecular complexity index is 630. The van der Waals surface area contributed by atoms with Crippen LogP contribution in [-0.4, -0.2) is 43.4 Å². The average molecular weight is 447 g/mol.